The number of hydrogen-bond donors (Lipinski definition) is 0. The fourth-order valence-electron chi connectivity index (χ4n) is 4.26. The summed E-state index contributed by atoms with van der Waals surface area (Å²) in [5.74, 6) is -0.368. The number of aryl methyl sites for hydroxylation is 1. The molecule has 1 saturated carbocycles. The predicted octanol–water partition coefficient (Wildman–Crippen LogP) is 2.82. The van der Waals surface area contributed by atoms with Crippen LogP contribution in [0.25, 0.3) is 6.08 Å². The average Bonchev–Trinajstić information content (AvgIpc) is 3.29. The molecule has 0 N–H and O–H groups in total. The van der Waals surface area contributed by atoms with Gasteiger partial charge in [0, 0.05) is 37.7 Å². The number of carbonyl (C=O) groups is 2. The second-order valence-electron chi connectivity index (χ2n) is 8.29. The van der Waals surface area contributed by atoms with Crippen LogP contribution in [0.4, 0.5) is 4.39 Å². The zero-order chi connectivity index (χ0) is 21.3. The smallest absolute Gasteiger partial charge is 0.246 e. The SMILES string of the molecule is Cc1nonc1CN(C)C(=O)[C@H]1CC12CCN(C(=O)/C=C/c1ccccc1F)CC2. The standard InChI is InChI=1S/C22H25FN4O3/c1-15-19(25-30-24-15)14-26(2)21(29)17-13-22(17)9-11-27(12-10-22)20(28)8-7-16-5-3-4-6-18(16)23/h3-8,17H,9-14H2,1-2H3/b8-7+/t17-/m1/s1. The molecular weight excluding hydrogens is 387 g/mol. The van der Waals surface area contributed by atoms with E-state index in [1.807, 2.05) is 0 Å². The highest BCUT2D eigenvalue weighted by Crippen LogP contribution is 2.60. The van der Waals surface area contributed by atoms with Crippen molar-refractivity contribution in [2.24, 2.45) is 11.3 Å². The summed E-state index contributed by atoms with van der Waals surface area (Å²) in [6, 6.07) is 6.36. The van der Waals surface area contributed by atoms with Gasteiger partial charge in [-0.15, -0.1) is 0 Å². The molecule has 1 aromatic heterocycles. The monoisotopic (exact) mass is 412 g/mol. The summed E-state index contributed by atoms with van der Waals surface area (Å²) in [6.45, 7) is 3.41. The Morgan fingerprint density at radius 3 is 2.70 bits per heavy atom. The molecule has 0 bridgehead atoms. The van der Waals surface area contributed by atoms with E-state index in [9.17, 15) is 14.0 Å². The Balaban J connectivity index is 1.29. The first kappa shape index (κ1) is 20.3. The summed E-state index contributed by atoms with van der Waals surface area (Å²) >= 11 is 0. The molecule has 2 aromatic rings. The average molecular weight is 412 g/mol. The lowest BCUT2D eigenvalue weighted by atomic mass is 9.90. The second-order valence-corrected chi connectivity index (χ2v) is 8.29. The van der Waals surface area contributed by atoms with Crippen LogP contribution >= 0.6 is 0 Å². The number of hydrogen-bond acceptors (Lipinski definition) is 5. The Morgan fingerprint density at radius 2 is 2.03 bits per heavy atom. The first-order valence-electron chi connectivity index (χ1n) is 10.1. The topological polar surface area (TPSA) is 79.5 Å². The number of benzene rings is 1. The summed E-state index contributed by atoms with van der Waals surface area (Å²) < 4.78 is 18.4. The third-order valence-electron chi connectivity index (χ3n) is 6.38. The van der Waals surface area contributed by atoms with E-state index in [4.69, 9.17) is 4.63 Å². The van der Waals surface area contributed by atoms with Gasteiger partial charge in [0.25, 0.3) is 0 Å². The van der Waals surface area contributed by atoms with Crippen molar-refractivity contribution in [2.45, 2.75) is 32.7 Å². The lowest BCUT2D eigenvalue weighted by Gasteiger charge is -2.32. The minimum absolute atomic E-state index is 0.00546. The van der Waals surface area contributed by atoms with Gasteiger partial charge in [0.15, 0.2) is 0 Å². The highest BCUT2D eigenvalue weighted by atomic mass is 19.1. The summed E-state index contributed by atoms with van der Waals surface area (Å²) in [6.07, 6.45) is 5.41. The van der Waals surface area contributed by atoms with Crippen LogP contribution in [-0.2, 0) is 16.1 Å². The Labute approximate surface area is 174 Å². The number of halogens is 1. The molecule has 1 aliphatic carbocycles. The molecule has 4 rings (SSSR count). The van der Waals surface area contributed by atoms with Crippen LogP contribution in [0.1, 0.15) is 36.2 Å². The number of aromatic nitrogens is 2. The van der Waals surface area contributed by atoms with Crippen molar-refractivity contribution in [3.05, 3.63) is 53.1 Å². The van der Waals surface area contributed by atoms with Gasteiger partial charge < -0.3 is 9.80 Å². The molecule has 1 aliphatic heterocycles. The van der Waals surface area contributed by atoms with Crippen LogP contribution in [0, 0.1) is 24.1 Å². The first-order chi connectivity index (χ1) is 14.4. The van der Waals surface area contributed by atoms with Crippen molar-refractivity contribution in [2.75, 3.05) is 20.1 Å². The fraction of sp³-hybridized carbons (Fsp3) is 0.455. The molecule has 1 aromatic carbocycles. The molecule has 2 heterocycles. The van der Waals surface area contributed by atoms with Crippen molar-refractivity contribution in [1.29, 1.82) is 0 Å². The summed E-state index contributed by atoms with van der Waals surface area (Å²) in [5, 5.41) is 7.59. The number of carbonyl (C=O) groups excluding carboxylic acids is 2. The highest BCUT2D eigenvalue weighted by Gasteiger charge is 2.59. The van der Waals surface area contributed by atoms with E-state index in [0.717, 1.165) is 19.3 Å². The molecule has 0 unspecified atom stereocenters. The summed E-state index contributed by atoms with van der Waals surface area (Å²) in [5.41, 5.74) is 1.75. The van der Waals surface area contributed by atoms with Crippen LogP contribution < -0.4 is 0 Å². The molecule has 2 fully saturated rings. The minimum atomic E-state index is -0.348. The highest BCUT2D eigenvalue weighted by molar-refractivity contribution is 5.92. The van der Waals surface area contributed by atoms with Gasteiger partial charge >= 0.3 is 0 Å². The Hall–Kier alpha value is -3.03. The number of rotatable bonds is 5. The Morgan fingerprint density at radius 1 is 1.30 bits per heavy atom. The van der Waals surface area contributed by atoms with Crippen molar-refractivity contribution >= 4 is 17.9 Å². The molecule has 2 aliphatic rings. The number of piperidine rings is 1. The Bertz CT molecular complexity index is 978. The molecular formula is C22H25FN4O3. The molecule has 8 heteroatoms. The first-order valence-corrected chi connectivity index (χ1v) is 10.1. The van der Waals surface area contributed by atoms with Gasteiger partial charge in [0.2, 0.25) is 11.8 Å². The summed E-state index contributed by atoms with van der Waals surface area (Å²) in [4.78, 5) is 28.8. The lowest BCUT2D eigenvalue weighted by Crippen LogP contribution is -2.40. The second kappa shape index (κ2) is 8.01. The van der Waals surface area contributed by atoms with Crippen LogP contribution in [0.15, 0.2) is 35.0 Å². The van der Waals surface area contributed by atoms with Gasteiger partial charge in [-0.1, -0.05) is 28.5 Å². The van der Waals surface area contributed by atoms with Crippen molar-refractivity contribution in [1.82, 2.24) is 20.1 Å². The number of amides is 2. The van der Waals surface area contributed by atoms with Gasteiger partial charge in [-0.2, -0.15) is 0 Å². The fourth-order valence-corrected chi connectivity index (χ4v) is 4.26. The third-order valence-corrected chi connectivity index (χ3v) is 6.38. The van der Waals surface area contributed by atoms with E-state index in [2.05, 4.69) is 10.3 Å². The van der Waals surface area contributed by atoms with Crippen molar-refractivity contribution in [3.8, 4) is 0 Å². The van der Waals surface area contributed by atoms with E-state index >= 15 is 0 Å². The Kier molecular flexibility index (Phi) is 5.40. The summed E-state index contributed by atoms with van der Waals surface area (Å²) in [7, 11) is 1.77. The largest absolute Gasteiger partial charge is 0.339 e. The van der Waals surface area contributed by atoms with Gasteiger partial charge in [-0.25, -0.2) is 9.02 Å². The molecule has 30 heavy (non-hydrogen) atoms. The number of likely N-dealkylation sites (tertiary alicyclic amines) is 1. The zero-order valence-corrected chi connectivity index (χ0v) is 17.2. The van der Waals surface area contributed by atoms with Gasteiger partial charge in [-0.3, -0.25) is 9.59 Å². The minimum Gasteiger partial charge on any atom is -0.339 e. The van der Waals surface area contributed by atoms with E-state index in [-0.39, 0.29) is 29.0 Å². The van der Waals surface area contributed by atoms with Crippen molar-refractivity contribution < 1.29 is 18.6 Å². The number of nitrogens with zero attached hydrogens (tertiary/aromatic N) is 4. The molecule has 1 saturated heterocycles. The lowest BCUT2D eigenvalue weighted by molar-refractivity contribution is -0.133. The van der Waals surface area contributed by atoms with Gasteiger partial charge in [0.1, 0.15) is 17.2 Å². The maximum atomic E-state index is 13.7. The maximum Gasteiger partial charge on any atom is 0.246 e. The van der Waals surface area contributed by atoms with Crippen LogP contribution in [0.2, 0.25) is 0 Å². The molecule has 1 atom stereocenters. The predicted molar refractivity (Wildman–Crippen MR) is 107 cm³/mol. The molecule has 158 valence electrons. The molecule has 7 nitrogen and oxygen atoms in total. The van der Waals surface area contributed by atoms with Gasteiger partial charge in [0.05, 0.1) is 6.54 Å². The van der Waals surface area contributed by atoms with E-state index in [0.29, 0.717) is 36.6 Å². The van der Waals surface area contributed by atoms with Crippen LogP contribution in [0.5, 0.6) is 0 Å². The van der Waals surface area contributed by atoms with Crippen LogP contribution in [-0.4, -0.2) is 52.1 Å². The van der Waals surface area contributed by atoms with E-state index in [1.54, 1.807) is 42.0 Å². The van der Waals surface area contributed by atoms with Crippen LogP contribution in [0.3, 0.4) is 0 Å². The van der Waals surface area contributed by atoms with E-state index < -0.39 is 0 Å². The zero-order valence-electron chi connectivity index (χ0n) is 17.2. The molecule has 0 radical (unpaired) electrons. The third kappa shape index (κ3) is 3.99. The quantitative estimate of drug-likeness (QED) is 0.706. The van der Waals surface area contributed by atoms with E-state index in [1.165, 1.54) is 18.2 Å². The molecule has 1 spiro atoms. The molecule has 2 amide bonds. The maximum absolute atomic E-state index is 13.7. The normalized spacial score (nSPS) is 20.0. The van der Waals surface area contributed by atoms with Gasteiger partial charge in [-0.05, 0) is 43.7 Å². The van der Waals surface area contributed by atoms with Crippen molar-refractivity contribution in [3.63, 3.8) is 0 Å².